The van der Waals surface area contributed by atoms with Crippen molar-refractivity contribution < 1.29 is 4.79 Å². The lowest BCUT2D eigenvalue weighted by molar-refractivity contribution is 0.103. The van der Waals surface area contributed by atoms with E-state index in [4.69, 9.17) is 0 Å². The second kappa shape index (κ2) is 5.98. The van der Waals surface area contributed by atoms with E-state index in [9.17, 15) is 4.79 Å². The normalized spacial score (nSPS) is 10.5. The van der Waals surface area contributed by atoms with Crippen LogP contribution in [0.2, 0.25) is 0 Å². The number of rotatable bonds is 3. The molecule has 3 aromatic carbocycles. The average Bonchev–Trinajstić information content (AvgIpc) is 2.55. The van der Waals surface area contributed by atoms with E-state index in [0.29, 0.717) is 0 Å². The monoisotopic (exact) mass is 286 g/mol. The predicted octanol–water partition coefficient (Wildman–Crippen LogP) is 5.20. The Balaban J connectivity index is 2.11. The third kappa shape index (κ3) is 2.71. The molecule has 0 saturated heterocycles. The predicted molar refractivity (Wildman–Crippen MR) is 91.2 cm³/mol. The summed E-state index contributed by atoms with van der Waals surface area (Å²) in [6, 6.07) is 23.7. The highest BCUT2D eigenvalue weighted by molar-refractivity contribution is 6.13. The van der Waals surface area contributed by atoms with Gasteiger partial charge in [0, 0.05) is 11.1 Å². The van der Waals surface area contributed by atoms with E-state index in [2.05, 4.69) is 19.1 Å². The fourth-order valence-corrected chi connectivity index (χ4v) is 2.65. The van der Waals surface area contributed by atoms with E-state index in [1.54, 1.807) is 0 Å². The highest BCUT2D eigenvalue weighted by Gasteiger charge is 2.15. The number of carbonyl (C=O) groups is 1. The van der Waals surface area contributed by atoms with Crippen LogP contribution in [0.4, 0.5) is 0 Å². The van der Waals surface area contributed by atoms with Gasteiger partial charge in [0.2, 0.25) is 0 Å². The molecule has 0 unspecified atom stereocenters. The zero-order valence-electron chi connectivity index (χ0n) is 12.8. The third-order valence-electron chi connectivity index (χ3n) is 3.92. The molecule has 0 N–H and O–H groups in total. The lowest BCUT2D eigenvalue weighted by Gasteiger charge is -2.11. The van der Waals surface area contributed by atoms with Crippen molar-refractivity contribution in [2.24, 2.45) is 0 Å². The van der Waals surface area contributed by atoms with Gasteiger partial charge in [-0.2, -0.15) is 0 Å². The minimum Gasteiger partial charge on any atom is -0.289 e. The molecule has 0 aliphatic carbocycles. The first kappa shape index (κ1) is 14.3. The first-order chi connectivity index (χ1) is 10.7. The van der Waals surface area contributed by atoms with Gasteiger partial charge in [-0.1, -0.05) is 78.4 Å². The Morgan fingerprint density at radius 2 is 1.27 bits per heavy atom. The summed E-state index contributed by atoms with van der Waals surface area (Å²) in [6.45, 7) is 4.10. The summed E-state index contributed by atoms with van der Waals surface area (Å²) in [5.74, 6) is 0.0684. The summed E-state index contributed by atoms with van der Waals surface area (Å²) in [6.07, 6.45) is 0. The molecular weight excluding hydrogens is 268 g/mol. The van der Waals surface area contributed by atoms with Crippen LogP contribution in [0.25, 0.3) is 11.1 Å². The molecule has 0 atom stereocenters. The van der Waals surface area contributed by atoms with Crippen molar-refractivity contribution in [1.29, 1.82) is 0 Å². The first-order valence-corrected chi connectivity index (χ1v) is 7.43. The molecule has 0 fully saturated rings. The van der Waals surface area contributed by atoms with Crippen molar-refractivity contribution in [2.75, 3.05) is 0 Å². The molecule has 0 aromatic heterocycles. The maximum Gasteiger partial charge on any atom is 0.193 e. The standard InChI is InChI=1S/C21H18O/c1-15-11-13-17(14-12-15)21(22)20-10-6-5-9-19(20)18-8-4-3-7-16(18)2/h3-14H,1-2H3. The van der Waals surface area contributed by atoms with Crippen LogP contribution < -0.4 is 0 Å². The molecule has 3 aromatic rings. The summed E-state index contributed by atoms with van der Waals surface area (Å²) in [5, 5.41) is 0. The van der Waals surface area contributed by atoms with Gasteiger partial charge in [-0.3, -0.25) is 4.79 Å². The highest BCUT2D eigenvalue weighted by atomic mass is 16.1. The van der Waals surface area contributed by atoms with Gasteiger partial charge < -0.3 is 0 Å². The second-order valence-corrected chi connectivity index (χ2v) is 5.56. The van der Waals surface area contributed by atoms with Crippen LogP contribution in [0.3, 0.4) is 0 Å². The number of benzene rings is 3. The van der Waals surface area contributed by atoms with Crippen LogP contribution in [-0.2, 0) is 0 Å². The number of ketones is 1. The van der Waals surface area contributed by atoms with Crippen molar-refractivity contribution in [3.8, 4) is 11.1 Å². The number of hydrogen-bond donors (Lipinski definition) is 0. The van der Waals surface area contributed by atoms with Crippen molar-refractivity contribution in [3.05, 3.63) is 95.1 Å². The van der Waals surface area contributed by atoms with E-state index in [1.165, 1.54) is 5.56 Å². The molecule has 22 heavy (non-hydrogen) atoms. The van der Waals surface area contributed by atoms with Crippen LogP contribution in [-0.4, -0.2) is 5.78 Å². The quantitative estimate of drug-likeness (QED) is 0.605. The summed E-state index contributed by atoms with van der Waals surface area (Å²) < 4.78 is 0. The number of hydrogen-bond acceptors (Lipinski definition) is 1. The van der Waals surface area contributed by atoms with E-state index in [-0.39, 0.29) is 5.78 Å². The van der Waals surface area contributed by atoms with Crippen LogP contribution in [0, 0.1) is 13.8 Å². The summed E-state index contributed by atoms with van der Waals surface area (Å²) in [7, 11) is 0. The second-order valence-electron chi connectivity index (χ2n) is 5.56. The molecule has 0 aliphatic heterocycles. The average molecular weight is 286 g/mol. The van der Waals surface area contributed by atoms with Crippen molar-refractivity contribution in [1.82, 2.24) is 0 Å². The Morgan fingerprint density at radius 1 is 0.682 bits per heavy atom. The fraction of sp³-hybridized carbons (Fsp3) is 0.0952. The zero-order chi connectivity index (χ0) is 15.5. The van der Waals surface area contributed by atoms with Gasteiger partial charge in [0.15, 0.2) is 5.78 Å². The van der Waals surface area contributed by atoms with E-state index < -0.39 is 0 Å². The highest BCUT2D eigenvalue weighted by Crippen LogP contribution is 2.28. The summed E-state index contributed by atoms with van der Waals surface area (Å²) in [4.78, 5) is 12.9. The molecule has 1 nitrogen and oxygen atoms in total. The van der Waals surface area contributed by atoms with Crippen molar-refractivity contribution >= 4 is 5.78 Å². The van der Waals surface area contributed by atoms with Gasteiger partial charge in [-0.15, -0.1) is 0 Å². The van der Waals surface area contributed by atoms with Gasteiger partial charge in [0.25, 0.3) is 0 Å². The number of aryl methyl sites for hydroxylation is 2. The third-order valence-corrected chi connectivity index (χ3v) is 3.92. The van der Waals surface area contributed by atoms with Gasteiger partial charge >= 0.3 is 0 Å². The minimum atomic E-state index is 0.0684. The van der Waals surface area contributed by atoms with Crippen LogP contribution in [0.15, 0.2) is 72.8 Å². The van der Waals surface area contributed by atoms with Crippen LogP contribution in [0.5, 0.6) is 0 Å². The van der Waals surface area contributed by atoms with E-state index in [1.807, 2.05) is 67.6 Å². The molecule has 0 bridgehead atoms. The molecule has 0 amide bonds. The molecular formula is C21H18O. The lowest BCUT2D eigenvalue weighted by atomic mass is 9.92. The number of carbonyl (C=O) groups excluding carboxylic acids is 1. The first-order valence-electron chi connectivity index (χ1n) is 7.43. The van der Waals surface area contributed by atoms with E-state index >= 15 is 0 Å². The molecule has 1 heteroatoms. The largest absolute Gasteiger partial charge is 0.289 e. The minimum absolute atomic E-state index is 0.0684. The topological polar surface area (TPSA) is 17.1 Å². The maximum absolute atomic E-state index is 12.9. The van der Waals surface area contributed by atoms with Gasteiger partial charge in [-0.05, 0) is 30.5 Å². The molecule has 0 heterocycles. The van der Waals surface area contributed by atoms with Gasteiger partial charge in [0.05, 0.1) is 0 Å². The summed E-state index contributed by atoms with van der Waals surface area (Å²) >= 11 is 0. The Bertz CT molecular complexity index is 813. The SMILES string of the molecule is Cc1ccc(C(=O)c2ccccc2-c2ccccc2C)cc1. The summed E-state index contributed by atoms with van der Waals surface area (Å²) in [5.41, 5.74) is 5.91. The van der Waals surface area contributed by atoms with Crippen molar-refractivity contribution in [2.45, 2.75) is 13.8 Å². The van der Waals surface area contributed by atoms with Crippen LogP contribution >= 0.6 is 0 Å². The maximum atomic E-state index is 12.9. The molecule has 0 spiro atoms. The molecule has 0 radical (unpaired) electrons. The zero-order valence-corrected chi connectivity index (χ0v) is 12.8. The van der Waals surface area contributed by atoms with Crippen molar-refractivity contribution in [3.63, 3.8) is 0 Å². The van der Waals surface area contributed by atoms with Gasteiger partial charge in [-0.25, -0.2) is 0 Å². The molecule has 0 aliphatic rings. The molecule has 3 rings (SSSR count). The molecule has 108 valence electrons. The smallest absolute Gasteiger partial charge is 0.193 e. The van der Waals surface area contributed by atoms with E-state index in [0.717, 1.165) is 27.8 Å². The lowest BCUT2D eigenvalue weighted by Crippen LogP contribution is -2.04. The van der Waals surface area contributed by atoms with Gasteiger partial charge in [0.1, 0.15) is 0 Å². The Labute approximate surface area is 131 Å². The Hall–Kier alpha value is -2.67. The Kier molecular flexibility index (Phi) is 3.88. The van der Waals surface area contributed by atoms with Crippen LogP contribution in [0.1, 0.15) is 27.0 Å². The fourth-order valence-electron chi connectivity index (χ4n) is 2.65. The Morgan fingerprint density at radius 3 is 1.95 bits per heavy atom. The molecule has 0 saturated carbocycles.